The Hall–Kier alpha value is -7.75. The molecule has 0 saturated carbocycles. The van der Waals surface area contributed by atoms with E-state index >= 15 is 8.78 Å². The Morgan fingerprint density at radius 2 is 1.20 bits per heavy atom. The number of rotatable bonds is 20. The molecular formula is C61H56Cl2F4N8O9S4. The van der Waals surface area contributed by atoms with E-state index in [9.17, 15) is 30.4 Å². The number of aromatic nitrogens is 4. The van der Waals surface area contributed by atoms with Gasteiger partial charge in [0.15, 0.2) is 23.1 Å². The molecule has 0 bridgehead atoms. The average Bonchev–Trinajstić information content (AvgIpc) is 1.89. The van der Waals surface area contributed by atoms with Crippen molar-refractivity contribution in [3.63, 3.8) is 0 Å². The lowest BCUT2D eigenvalue weighted by atomic mass is 9.86. The van der Waals surface area contributed by atoms with Crippen molar-refractivity contribution in [3.8, 4) is 34.5 Å². The summed E-state index contributed by atoms with van der Waals surface area (Å²) in [6.45, 7) is 8.30. The number of anilines is 2. The highest BCUT2D eigenvalue weighted by Gasteiger charge is 2.36. The van der Waals surface area contributed by atoms with E-state index in [-0.39, 0.29) is 28.8 Å². The zero-order valence-corrected chi connectivity index (χ0v) is 52.3. The maximum atomic E-state index is 15.8. The first-order valence-electron chi connectivity index (χ1n) is 26.9. The number of halogens is 6. The van der Waals surface area contributed by atoms with Crippen LogP contribution in [0, 0.1) is 37.1 Å². The van der Waals surface area contributed by atoms with Gasteiger partial charge in [-0.3, -0.25) is 14.4 Å². The summed E-state index contributed by atoms with van der Waals surface area (Å²) in [5, 5.41) is 2.04. The number of nitrogens with zero attached hydrogens (tertiary/aromatic N) is 6. The summed E-state index contributed by atoms with van der Waals surface area (Å²) in [6, 6.07) is 39.5. The summed E-state index contributed by atoms with van der Waals surface area (Å²) in [5.41, 5.74) is 6.72. The van der Waals surface area contributed by atoms with E-state index in [0.717, 1.165) is 94.3 Å². The molecule has 2 aliphatic heterocycles. The van der Waals surface area contributed by atoms with Crippen LogP contribution in [-0.2, 0) is 31.4 Å². The third-order valence-electron chi connectivity index (χ3n) is 13.9. The minimum atomic E-state index is -4.70. The number of sulfonamides is 2. The Morgan fingerprint density at radius 3 is 1.69 bits per heavy atom. The normalized spacial score (nSPS) is 13.8. The molecule has 2 saturated heterocycles. The topological polar surface area (TPSA) is 204 Å². The lowest BCUT2D eigenvalue weighted by molar-refractivity contribution is -0.111. The highest BCUT2D eigenvalue weighted by molar-refractivity contribution is 7.93. The van der Waals surface area contributed by atoms with Crippen molar-refractivity contribution < 1.29 is 58.1 Å². The molecule has 9 aromatic rings. The van der Waals surface area contributed by atoms with Crippen LogP contribution in [0.25, 0.3) is 0 Å². The van der Waals surface area contributed by atoms with E-state index in [0.29, 0.717) is 46.6 Å². The Bertz CT molecular complexity index is 4080. The third-order valence-corrected chi connectivity index (χ3v) is 19.2. The second-order valence-corrected chi connectivity index (χ2v) is 26.3. The number of methoxy groups -OCH3 is 2. The molecule has 1 atom stereocenters. The van der Waals surface area contributed by atoms with E-state index in [1.54, 1.807) is 36.4 Å². The summed E-state index contributed by atoms with van der Waals surface area (Å²) in [5.74, 6) is -3.19. The number of benzene rings is 7. The van der Waals surface area contributed by atoms with E-state index in [1.807, 2.05) is 62.4 Å². The van der Waals surface area contributed by atoms with Crippen LogP contribution in [0.4, 0.5) is 27.8 Å². The number of nitrogens with one attached hydrogen (secondary N) is 2. The molecule has 7 aromatic carbocycles. The van der Waals surface area contributed by atoms with Gasteiger partial charge in [-0.05, 0) is 102 Å². The molecule has 17 nitrogen and oxygen atoms in total. The van der Waals surface area contributed by atoms with E-state index in [1.165, 1.54) is 38.6 Å². The maximum Gasteiger partial charge on any atom is 0.269 e. The van der Waals surface area contributed by atoms with Crippen LogP contribution in [0.15, 0.2) is 162 Å². The average molecular weight is 1320 g/mol. The molecule has 0 amide bonds. The predicted octanol–water partition coefficient (Wildman–Crippen LogP) is 13.3. The highest BCUT2D eigenvalue weighted by atomic mass is 35.5. The first-order valence-corrected chi connectivity index (χ1v) is 32.1. The van der Waals surface area contributed by atoms with Crippen LogP contribution in [-0.4, -0.2) is 91.5 Å². The van der Waals surface area contributed by atoms with Crippen LogP contribution in [0.5, 0.6) is 34.5 Å². The van der Waals surface area contributed by atoms with Gasteiger partial charge in [0.25, 0.3) is 20.0 Å². The van der Waals surface area contributed by atoms with Crippen molar-refractivity contribution in [1.29, 1.82) is 0 Å². The number of likely N-dealkylation sites (tertiary alicyclic amines) is 1. The number of ether oxygens (including phenoxy) is 4. The number of carbonyl (C=O) groups excluding carboxylic acids is 1. The van der Waals surface area contributed by atoms with Gasteiger partial charge in [-0.15, -0.1) is 11.6 Å². The zero-order valence-electron chi connectivity index (χ0n) is 47.5. The van der Waals surface area contributed by atoms with E-state index in [4.69, 9.17) is 42.1 Å². The maximum absolute atomic E-state index is 15.8. The first kappa shape index (κ1) is 64.7. The number of alkyl halides is 1. The molecule has 2 N–H and O–H groups in total. The molecule has 2 aromatic heterocycles. The van der Waals surface area contributed by atoms with Crippen LogP contribution >= 0.6 is 46.3 Å². The van der Waals surface area contributed by atoms with Crippen molar-refractivity contribution in [1.82, 2.24) is 28.9 Å². The highest BCUT2D eigenvalue weighted by Crippen LogP contribution is 2.41. The van der Waals surface area contributed by atoms with E-state index < -0.39 is 75.2 Å². The molecule has 0 spiro atoms. The number of hydrogen-bond donors (Lipinski definition) is 2. The number of hydrogen-bond acceptors (Lipinski definition) is 17. The Morgan fingerprint density at radius 1 is 0.670 bits per heavy atom. The lowest BCUT2D eigenvalue weighted by Gasteiger charge is -2.45. The second-order valence-electron chi connectivity index (χ2n) is 20.2. The van der Waals surface area contributed by atoms with Crippen LogP contribution < -0.4 is 33.3 Å². The molecule has 4 heterocycles. The largest absolute Gasteiger partial charge is 0.497 e. The summed E-state index contributed by atoms with van der Waals surface area (Å²) in [6.07, 6.45) is 2.33. The molecule has 88 heavy (non-hydrogen) atoms. The van der Waals surface area contributed by atoms with Crippen LogP contribution in [0.3, 0.4) is 0 Å². The predicted molar refractivity (Wildman–Crippen MR) is 330 cm³/mol. The quantitative estimate of drug-likeness (QED) is 0.0414. The zero-order chi connectivity index (χ0) is 62.9. The lowest BCUT2D eigenvalue weighted by Crippen LogP contribution is -2.47. The van der Waals surface area contributed by atoms with Gasteiger partial charge in [0.05, 0.1) is 26.8 Å². The Balaban J connectivity index is 0.000000220. The summed E-state index contributed by atoms with van der Waals surface area (Å²) >= 11 is 11.5. The van der Waals surface area contributed by atoms with Crippen molar-refractivity contribution in [2.24, 2.45) is 0 Å². The molecule has 27 heteroatoms. The fourth-order valence-corrected chi connectivity index (χ4v) is 13.4. The molecule has 1 unspecified atom stereocenters. The van der Waals surface area contributed by atoms with Crippen molar-refractivity contribution in [2.75, 3.05) is 49.4 Å². The van der Waals surface area contributed by atoms with Crippen molar-refractivity contribution in [2.45, 2.75) is 60.4 Å². The van der Waals surface area contributed by atoms with Gasteiger partial charge in [0.2, 0.25) is 15.5 Å². The smallest absolute Gasteiger partial charge is 0.269 e. The Labute approximate surface area is 524 Å². The van der Waals surface area contributed by atoms with Crippen molar-refractivity contribution >= 4 is 81.8 Å². The molecule has 0 aliphatic carbocycles. The van der Waals surface area contributed by atoms with Gasteiger partial charge >= 0.3 is 0 Å². The molecule has 0 radical (unpaired) electrons. The fourth-order valence-electron chi connectivity index (χ4n) is 9.50. The van der Waals surface area contributed by atoms with Crippen LogP contribution in [0.2, 0.25) is 0 Å². The van der Waals surface area contributed by atoms with Gasteiger partial charge in [-0.2, -0.15) is 8.75 Å². The van der Waals surface area contributed by atoms with Gasteiger partial charge in [-0.25, -0.2) is 48.7 Å². The molecular weight excluding hydrogens is 1260 g/mol. The number of aryl methyl sites for hydroxylation is 2. The molecule has 460 valence electrons. The monoisotopic (exact) mass is 1320 g/mol. The first-order chi connectivity index (χ1) is 42.1. The van der Waals surface area contributed by atoms with E-state index in [2.05, 4.69) is 64.0 Å². The summed E-state index contributed by atoms with van der Waals surface area (Å²) in [4.78, 5) is 18.2. The molecule has 2 aliphatic rings. The van der Waals surface area contributed by atoms with Gasteiger partial charge in [-0.1, -0.05) is 72.8 Å². The minimum Gasteiger partial charge on any atom is -0.497 e. The van der Waals surface area contributed by atoms with Gasteiger partial charge < -0.3 is 24.3 Å². The van der Waals surface area contributed by atoms with Gasteiger partial charge in [0.1, 0.15) is 62.5 Å². The number of carbonyl (C=O) groups is 1. The van der Waals surface area contributed by atoms with Gasteiger partial charge in [0, 0.05) is 97.0 Å². The standard InChI is InChI=1S/C40H36F2N4O5S2.C18H16F2N4O3S2.C3H4Cl2O/c1-26-16-30(31-22-45(23-31)39(27-10-6-4-7-11-27)28-12-8-5-9-13-28)18-33(17-26)51-37-20-35(42)38(21-34(37)41)53(47,48)46(40-43-25-44-52-40)24-29-14-15-32(49-2)19-36(29)50-3;1-10-2-11(12-7-21-8-12)4-13(3-10)27-16-5-15(20)17(6-14(16)19)29(25,26)24-18-22-9-23-28-18;1-2(4)3(5)6/h4-21,25,31,39H,22-24H2,1-3H3;2-6,9,12,21H,7-8H2,1H3,(H,22,23,24);2H,1H3. The molecule has 2 fully saturated rings. The molecule has 11 rings (SSSR count). The fraction of sp³-hybridized carbons (Fsp3) is 0.230. The minimum absolute atomic E-state index is 0.0382. The summed E-state index contributed by atoms with van der Waals surface area (Å²) in [7, 11) is -6.14. The van der Waals surface area contributed by atoms with Crippen LogP contribution in [0.1, 0.15) is 63.7 Å². The third kappa shape index (κ3) is 15.7. The SMILES string of the molecule is CC(Cl)C(=O)Cl.COc1ccc(CN(c2ncns2)S(=O)(=O)c2cc(F)c(Oc3cc(C)cc(C4CN(C(c5ccccc5)c5ccccc5)C4)c3)cc2F)c(OC)c1.Cc1cc(Oc2cc(F)c(S(=O)(=O)Nc3ncns3)cc2F)cc(C2CNC2)c1. The van der Waals surface area contributed by atoms with Crippen molar-refractivity contribution in [3.05, 3.63) is 214 Å². The Kier molecular flexibility index (Phi) is 21.0. The second kappa shape index (κ2) is 28.6. The summed E-state index contributed by atoms with van der Waals surface area (Å²) < 4.78 is 146.